The minimum absolute atomic E-state index is 0.395. The molecule has 0 bridgehead atoms. The van der Waals surface area contributed by atoms with Crippen LogP contribution in [0.3, 0.4) is 0 Å². The van der Waals surface area contributed by atoms with Crippen LogP contribution in [0.2, 0.25) is 5.02 Å². The molecule has 0 heterocycles. The summed E-state index contributed by atoms with van der Waals surface area (Å²) < 4.78 is 11.3. The number of methoxy groups -OCH3 is 1. The van der Waals surface area contributed by atoms with Gasteiger partial charge in [-0.25, -0.2) is 4.79 Å². The smallest absolute Gasteiger partial charge is 0.341 e. The fourth-order valence-corrected chi connectivity index (χ4v) is 2.96. The minimum Gasteiger partial charge on any atom is -0.493 e. The summed E-state index contributed by atoms with van der Waals surface area (Å²) >= 11 is 8.14. The van der Waals surface area contributed by atoms with E-state index in [2.05, 4.69) is 33.1 Å². The quantitative estimate of drug-likeness (QED) is 0.348. The van der Waals surface area contributed by atoms with E-state index in [0.717, 1.165) is 14.7 Å². The standard InChI is InChI=1S/C17H16ClIN2O4/c1-24-15-7-11(6-14(19)17(15)25-10-16(22)23)8-20-21-9-12-4-2-3-5-13(12)18/h2-8,21H,9-10H2,1H3,(H,22,23)/b20-8-. The van der Waals surface area contributed by atoms with Crippen LogP contribution in [0.1, 0.15) is 11.1 Å². The molecule has 0 radical (unpaired) electrons. The zero-order valence-electron chi connectivity index (χ0n) is 13.3. The summed E-state index contributed by atoms with van der Waals surface area (Å²) in [5, 5.41) is 13.6. The van der Waals surface area contributed by atoms with Crippen LogP contribution in [0, 0.1) is 3.57 Å². The van der Waals surface area contributed by atoms with E-state index in [4.69, 9.17) is 26.2 Å². The number of carboxylic acid groups (broad SMARTS) is 1. The summed E-state index contributed by atoms with van der Waals surface area (Å²) in [4.78, 5) is 10.7. The number of halogens is 2. The first-order valence-electron chi connectivity index (χ1n) is 7.22. The Kier molecular flexibility index (Phi) is 7.32. The maximum Gasteiger partial charge on any atom is 0.341 e. The highest BCUT2D eigenvalue weighted by atomic mass is 127. The van der Waals surface area contributed by atoms with Crippen LogP contribution in [0.15, 0.2) is 41.5 Å². The van der Waals surface area contributed by atoms with Crippen molar-refractivity contribution in [1.29, 1.82) is 0 Å². The molecule has 2 N–H and O–H groups in total. The average molecular weight is 475 g/mol. The molecular weight excluding hydrogens is 459 g/mol. The molecule has 6 nitrogen and oxygen atoms in total. The highest BCUT2D eigenvalue weighted by molar-refractivity contribution is 14.1. The van der Waals surface area contributed by atoms with Crippen LogP contribution >= 0.6 is 34.2 Å². The molecular formula is C17H16ClIN2O4. The molecule has 0 unspecified atom stereocenters. The summed E-state index contributed by atoms with van der Waals surface area (Å²) in [6.45, 7) is 0.0728. The van der Waals surface area contributed by atoms with Crippen molar-refractivity contribution < 1.29 is 19.4 Å². The van der Waals surface area contributed by atoms with Crippen molar-refractivity contribution >= 4 is 46.4 Å². The van der Waals surface area contributed by atoms with E-state index in [-0.39, 0.29) is 0 Å². The molecule has 0 fully saturated rings. The van der Waals surface area contributed by atoms with E-state index < -0.39 is 12.6 Å². The lowest BCUT2D eigenvalue weighted by molar-refractivity contribution is -0.139. The Labute approximate surface area is 163 Å². The largest absolute Gasteiger partial charge is 0.493 e. The molecule has 0 aliphatic rings. The Balaban J connectivity index is 2.05. The van der Waals surface area contributed by atoms with Gasteiger partial charge in [0.15, 0.2) is 18.1 Å². The van der Waals surface area contributed by atoms with Gasteiger partial charge >= 0.3 is 5.97 Å². The molecule has 8 heteroatoms. The van der Waals surface area contributed by atoms with Gasteiger partial charge < -0.3 is 20.0 Å². The second-order valence-corrected chi connectivity index (χ2v) is 6.47. The van der Waals surface area contributed by atoms with E-state index in [0.29, 0.717) is 23.1 Å². The third kappa shape index (κ3) is 5.79. The molecule has 2 aromatic rings. The molecule has 0 aliphatic carbocycles. The maximum atomic E-state index is 10.7. The van der Waals surface area contributed by atoms with Crippen molar-refractivity contribution in [1.82, 2.24) is 5.43 Å². The van der Waals surface area contributed by atoms with Crippen LogP contribution in [0.4, 0.5) is 0 Å². The summed E-state index contributed by atoms with van der Waals surface area (Å²) in [6.07, 6.45) is 1.64. The second-order valence-electron chi connectivity index (χ2n) is 4.90. The van der Waals surface area contributed by atoms with Crippen LogP contribution in [-0.4, -0.2) is 31.0 Å². The zero-order chi connectivity index (χ0) is 18.2. The zero-order valence-corrected chi connectivity index (χ0v) is 16.2. The molecule has 2 aromatic carbocycles. The number of ether oxygens (including phenoxy) is 2. The van der Waals surface area contributed by atoms with E-state index >= 15 is 0 Å². The summed E-state index contributed by atoms with van der Waals surface area (Å²) in [5.41, 5.74) is 4.67. The van der Waals surface area contributed by atoms with Crippen LogP contribution in [0.25, 0.3) is 0 Å². The topological polar surface area (TPSA) is 80.1 Å². The van der Waals surface area contributed by atoms with Gasteiger partial charge in [0.1, 0.15) is 0 Å². The van der Waals surface area contributed by atoms with Crippen LogP contribution in [-0.2, 0) is 11.3 Å². The fraction of sp³-hybridized carbons (Fsp3) is 0.176. The number of nitrogens with zero attached hydrogens (tertiary/aromatic N) is 1. The third-order valence-corrected chi connectivity index (χ3v) is 4.29. The van der Waals surface area contributed by atoms with Gasteiger partial charge in [-0.2, -0.15) is 5.10 Å². The highest BCUT2D eigenvalue weighted by Gasteiger charge is 2.12. The van der Waals surface area contributed by atoms with Gasteiger partial charge in [0.25, 0.3) is 0 Å². The number of nitrogens with one attached hydrogen (secondary N) is 1. The summed E-state index contributed by atoms with van der Waals surface area (Å²) in [5.74, 6) is -0.209. The van der Waals surface area contributed by atoms with Gasteiger partial charge in [0.05, 0.1) is 23.4 Å². The predicted octanol–water partition coefficient (Wildman–Crippen LogP) is 3.54. The molecule has 0 spiro atoms. The van der Waals surface area contributed by atoms with Crippen molar-refractivity contribution in [2.24, 2.45) is 5.10 Å². The molecule has 0 atom stereocenters. The average Bonchev–Trinajstić information content (AvgIpc) is 2.58. The molecule has 0 aromatic heterocycles. The normalized spacial score (nSPS) is 10.7. The molecule has 0 saturated heterocycles. The lowest BCUT2D eigenvalue weighted by Crippen LogP contribution is -2.11. The van der Waals surface area contributed by atoms with Gasteiger partial charge in [-0.15, -0.1) is 0 Å². The first kappa shape index (κ1) is 19.3. The number of hydrogen-bond acceptors (Lipinski definition) is 5. The fourth-order valence-electron chi connectivity index (χ4n) is 1.98. The SMILES string of the molecule is COc1cc(/C=N\NCc2ccccc2Cl)cc(I)c1OCC(=O)O. The number of carbonyl (C=O) groups is 1. The van der Waals surface area contributed by atoms with Crippen molar-refractivity contribution in [3.05, 3.63) is 56.1 Å². The molecule has 132 valence electrons. The first-order valence-corrected chi connectivity index (χ1v) is 8.68. The molecule has 25 heavy (non-hydrogen) atoms. The number of aliphatic carboxylic acids is 1. The van der Waals surface area contributed by atoms with Gasteiger partial charge in [-0.3, -0.25) is 0 Å². The Morgan fingerprint density at radius 2 is 2.16 bits per heavy atom. The van der Waals surface area contributed by atoms with Gasteiger partial charge in [0, 0.05) is 5.02 Å². The first-order chi connectivity index (χ1) is 12.0. The Hall–Kier alpha value is -2.00. The van der Waals surface area contributed by atoms with E-state index in [1.807, 2.05) is 30.3 Å². The lowest BCUT2D eigenvalue weighted by Gasteiger charge is -2.12. The minimum atomic E-state index is -1.05. The molecule has 0 amide bonds. The van der Waals surface area contributed by atoms with E-state index in [1.165, 1.54) is 7.11 Å². The Bertz CT molecular complexity index is 783. The van der Waals surface area contributed by atoms with E-state index in [1.54, 1.807) is 12.3 Å². The van der Waals surface area contributed by atoms with Crippen LogP contribution < -0.4 is 14.9 Å². The number of hydrazone groups is 1. The molecule has 0 aliphatic heterocycles. The molecule has 0 saturated carbocycles. The lowest BCUT2D eigenvalue weighted by atomic mass is 10.2. The second kappa shape index (κ2) is 9.47. The van der Waals surface area contributed by atoms with E-state index in [9.17, 15) is 4.79 Å². The van der Waals surface area contributed by atoms with Crippen molar-refractivity contribution in [3.8, 4) is 11.5 Å². The molecule has 2 rings (SSSR count). The summed E-state index contributed by atoms with van der Waals surface area (Å²) in [7, 11) is 1.50. The summed E-state index contributed by atoms with van der Waals surface area (Å²) in [6, 6.07) is 11.1. The number of benzene rings is 2. The predicted molar refractivity (Wildman–Crippen MR) is 105 cm³/mol. The van der Waals surface area contributed by atoms with Crippen molar-refractivity contribution in [2.75, 3.05) is 13.7 Å². The number of rotatable bonds is 8. The van der Waals surface area contributed by atoms with Gasteiger partial charge in [0.2, 0.25) is 0 Å². The van der Waals surface area contributed by atoms with Crippen molar-refractivity contribution in [3.63, 3.8) is 0 Å². The highest BCUT2D eigenvalue weighted by Crippen LogP contribution is 2.33. The Morgan fingerprint density at radius 3 is 2.84 bits per heavy atom. The van der Waals surface area contributed by atoms with Crippen molar-refractivity contribution in [2.45, 2.75) is 6.54 Å². The third-order valence-electron chi connectivity index (χ3n) is 3.12. The number of carboxylic acids is 1. The van der Waals surface area contributed by atoms with Gasteiger partial charge in [-0.05, 0) is 51.9 Å². The monoisotopic (exact) mass is 474 g/mol. The van der Waals surface area contributed by atoms with Crippen LogP contribution in [0.5, 0.6) is 11.5 Å². The Morgan fingerprint density at radius 1 is 1.40 bits per heavy atom. The number of hydrogen-bond donors (Lipinski definition) is 2. The maximum absolute atomic E-state index is 10.7. The van der Waals surface area contributed by atoms with Gasteiger partial charge in [-0.1, -0.05) is 29.8 Å².